The zero-order valence-corrected chi connectivity index (χ0v) is 13.0. The number of thiazole rings is 1. The zero-order chi connectivity index (χ0) is 14.7. The molecule has 0 aliphatic carbocycles. The first kappa shape index (κ1) is 14.1. The van der Waals surface area contributed by atoms with Gasteiger partial charge in [-0.2, -0.15) is 0 Å². The zero-order valence-electron chi connectivity index (χ0n) is 12.2. The third-order valence-electron chi connectivity index (χ3n) is 3.38. The molecule has 21 heavy (non-hydrogen) atoms. The summed E-state index contributed by atoms with van der Waals surface area (Å²) in [5.41, 5.74) is 4.02. The van der Waals surface area contributed by atoms with Gasteiger partial charge in [0.25, 0.3) is 0 Å². The maximum absolute atomic E-state index is 4.75. The van der Waals surface area contributed by atoms with Crippen LogP contribution < -0.4 is 5.32 Å². The molecule has 3 rings (SSSR count). The molecule has 1 aromatic carbocycles. The Labute approximate surface area is 128 Å². The molecule has 0 saturated carbocycles. The first-order valence-corrected chi connectivity index (χ1v) is 8.06. The second kappa shape index (κ2) is 6.28. The molecular formula is C16H18N4S. The monoisotopic (exact) mass is 298 g/mol. The predicted molar refractivity (Wildman–Crippen MR) is 87.4 cm³/mol. The van der Waals surface area contributed by atoms with Crippen LogP contribution in [0.3, 0.4) is 0 Å². The number of hydrogen-bond acceptors (Lipinski definition) is 5. The second-order valence-corrected chi connectivity index (χ2v) is 5.87. The van der Waals surface area contributed by atoms with E-state index in [1.54, 1.807) is 23.7 Å². The summed E-state index contributed by atoms with van der Waals surface area (Å²) in [7, 11) is 0. The van der Waals surface area contributed by atoms with Crippen molar-refractivity contribution in [3.8, 4) is 10.6 Å². The van der Waals surface area contributed by atoms with E-state index in [0.29, 0.717) is 0 Å². The lowest BCUT2D eigenvalue weighted by molar-refractivity contribution is 0.561. The molecule has 1 unspecified atom stereocenters. The van der Waals surface area contributed by atoms with Gasteiger partial charge in [-0.25, -0.2) is 4.98 Å². The van der Waals surface area contributed by atoms with E-state index in [4.69, 9.17) is 4.98 Å². The summed E-state index contributed by atoms with van der Waals surface area (Å²) in [4.78, 5) is 13.4. The van der Waals surface area contributed by atoms with Crippen LogP contribution in [0.5, 0.6) is 0 Å². The first-order valence-electron chi connectivity index (χ1n) is 7.18. The van der Waals surface area contributed by atoms with Crippen molar-refractivity contribution in [1.82, 2.24) is 20.3 Å². The Morgan fingerprint density at radius 2 is 2.00 bits per heavy atom. The molecule has 4 nitrogen and oxygen atoms in total. The van der Waals surface area contributed by atoms with Crippen molar-refractivity contribution in [2.45, 2.75) is 26.3 Å². The maximum atomic E-state index is 4.75. The molecule has 0 amide bonds. The van der Waals surface area contributed by atoms with E-state index in [2.05, 4.69) is 46.6 Å². The van der Waals surface area contributed by atoms with Gasteiger partial charge in [0.15, 0.2) is 0 Å². The van der Waals surface area contributed by atoms with Crippen LogP contribution in [-0.4, -0.2) is 21.5 Å². The van der Waals surface area contributed by atoms with Crippen molar-refractivity contribution in [2.24, 2.45) is 0 Å². The van der Waals surface area contributed by atoms with Gasteiger partial charge in [0.1, 0.15) is 5.01 Å². The van der Waals surface area contributed by atoms with Gasteiger partial charge in [0.2, 0.25) is 0 Å². The van der Waals surface area contributed by atoms with Gasteiger partial charge < -0.3 is 5.32 Å². The minimum atomic E-state index is 0.287. The molecule has 108 valence electrons. The van der Waals surface area contributed by atoms with Gasteiger partial charge in [-0.05, 0) is 38.1 Å². The molecule has 0 spiro atoms. The Morgan fingerprint density at radius 3 is 2.81 bits per heavy atom. The summed E-state index contributed by atoms with van der Waals surface area (Å²) in [5.74, 6) is 0. The minimum Gasteiger partial charge on any atom is -0.309 e. The fourth-order valence-corrected chi connectivity index (χ4v) is 3.09. The normalized spacial score (nSPS) is 12.7. The Kier molecular flexibility index (Phi) is 4.22. The highest BCUT2D eigenvalue weighted by Gasteiger charge is 2.11. The maximum Gasteiger partial charge on any atom is 0.123 e. The van der Waals surface area contributed by atoms with Gasteiger partial charge in [-0.3, -0.25) is 9.97 Å². The van der Waals surface area contributed by atoms with Crippen molar-refractivity contribution in [3.63, 3.8) is 0 Å². The molecule has 0 saturated heterocycles. The fraction of sp³-hybridized carbons (Fsp3) is 0.312. The number of nitrogens with zero attached hydrogens (tertiary/aromatic N) is 3. The number of fused-ring (bicyclic) bond motifs is 1. The Hall–Kier alpha value is -1.85. The molecular weight excluding hydrogens is 280 g/mol. The van der Waals surface area contributed by atoms with Gasteiger partial charge in [0.05, 0.1) is 16.7 Å². The van der Waals surface area contributed by atoms with Gasteiger partial charge in [0, 0.05) is 29.4 Å². The lowest BCUT2D eigenvalue weighted by Gasteiger charge is -2.09. The van der Waals surface area contributed by atoms with E-state index >= 15 is 0 Å². The SMILES string of the molecule is CCCNC(C)c1csc(-c2ccc3nccnc3c2)n1. The summed E-state index contributed by atoms with van der Waals surface area (Å²) < 4.78 is 0. The first-order chi connectivity index (χ1) is 10.3. The molecule has 0 bridgehead atoms. The van der Waals surface area contributed by atoms with Crippen LogP contribution >= 0.6 is 11.3 Å². The Bertz CT molecular complexity index is 738. The number of benzene rings is 1. The van der Waals surface area contributed by atoms with Crippen LogP contribution in [0.4, 0.5) is 0 Å². The molecule has 2 aromatic heterocycles. The third kappa shape index (κ3) is 3.09. The smallest absolute Gasteiger partial charge is 0.123 e. The second-order valence-electron chi connectivity index (χ2n) is 5.01. The van der Waals surface area contributed by atoms with E-state index in [-0.39, 0.29) is 6.04 Å². The third-order valence-corrected chi connectivity index (χ3v) is 4.29. The lowest BCUT2D eigenvalue weighted by atomic mass is 10.2. The van der Waals surface area contributed by atoms with Crippen molar-refractivity contribution in [2.75, 3.05) is 6.54 Å². The standard InChI is InChI=1S/C16H18N4S/c1-3-6-17-11(2)15-10-21-16(20-15)12-4-5-13-14(9-12)19-8-7-18-13/h4-5,7-11,17H,3,6H2,1-2H3. The summed E-state index contributed by atoms with van der Waals surface area (Å²) in [5, 5.41) is 6.62. The highest BCUT2D eigenvalue weighted by molar-refractivity contribution is 7.13. The summed E-state index contributed by atoms with van der Waals surface area (Å²) in [6.07, 6.45) is 4.56. The van der Waals surface area contributed by atoms with Crippen molar-refractivity contribution >= 4 is 22.4 Å². The highest BCUT2D eigenvalue weighted by atomic mass is 32.1. The fourth-order valence-electron chi connectivity index (χ4n) is 2.18. The van der Waals surface area contributed by atoms with Crippen LogP contribution in [0, 0.1) is 0 Å². The largest absolute Gasteiger partial charge is 0.309 e. The van der Waals surface area contributed by atoms with Crippen LogP contribution in [-0.2, 0) is 0 Å². The summed E-state index contributed by atoms with van der Waals surface area (Å²) in [6, 6.07) is 6.39. The van der Waals surface area contributed by atoms with Crippen LogP contribution in [0.25, 0.3) is 21.6 Å². The molecule has 2 heterocycles. The number of aromatic nitrogens is 3. The number of hydrogen-bond donors (Lipinski definition) is 1. The number of rotatable bonds is 5. The quantitative estimate of drug-likeness (QED) is 0.778. The lowest BCUT2D eigenvalue weighted by Crippen LogP contribution is -2.19. The van der Waals surface area contributed by atoms with Crippen LogP contribution in [0.1, 0.15) is 32.0 Å². The molecule has 0 aliphatic rings. The Balaban J connectivity index is 1.87. The van der Waals surface area contributed by atoms with Crippen molar-refractivity contribution < 1.29 is 0 Å². The molecule has 0 radical (unpaired) electrons. The molecule has 3 aromatic rings. The van der Waals surface area contributed by atoms with E-state index in [1.165, 1.54) is 0 Å². The van der Waals surface area contributed by atoms with E-state index in [0.717, 1.165) is 40.3 Å². The average Bonchev–Trinajstić information content (AvgIpc) is 3.02. The molecule has 1 atom stereocenters. The molecule has 0 fully saturated rings. The van der Waals surface area contributed by atoms with Gasteiger partial charge in [-0.15, -0.1) is 11.3 Å². The van der Waals surface area contributed by atoms with Crippen LogP contribution in [0.15, 0.2) is 36.0 Å². The highest BCUT2D eigenvalue weighted by Crippen LogP contribution is 2.27. The van der Waals surface area contributed by atoms with E-state index in [1.807, 2.05) is 6.07 Å². The molecule has 1 N–H and O–H groups in total. The van der Waals surface area contributed by atoms with E-state index in [9.17, 15) is 0 Å². The summed E-state index contributed by atoms with van der Waals surface area (Å²) in [6.45, 7) is 5.34. The van der Waals surface area contributed by atoms with Crippen molar-refractivity contribution in [3.05, 3.63) is 41.7 Å². The minimum absolute atomic E-state index is 0.287. The van der Waals surface area contributed by atoms with E-state index < -0.39 is 0 Å². The number of nitrogens with one attached hydrogen (secondary N) is 1. The summed E-state index contributed by atoms with van der Waals surface area (Å²) >= 11 is 1.67. The molecule has 5 heteroatoms. The van der Waals surface area contributed by atoms with Gasteiger partial charge >= 0.3 is 0 Å². The van der Waals surface area contributed by atoms with Crippen LogP contribution in [0.2, 0.25) is 0 Å². The Morgan fingerprint density at radius 1 is 1.19 bits per heavy atom. The van der Waals surface area contributed by atoms with Crippen molar-refractivity contribution in [1.29, 1.82) is 0 Å². The van der Waals surface area contributed by atoms with Gasteiger partial charge in [-0.1, -0.05) is 6.92 Å². The topological polar surface area (TPSA) is 50.7 Å². The molecule has 0 aliphatic heterocycles. The predicted octanol–water partition coefficient (Wildman–Crippen LogP) is 3.81. The average molecular weight is 298 g/mol.